The number of halogens is 2. The second-order valence-corrected chi connectivity index (χ2v) is 11.1. The molecule has 210 valence electrons. The highest BCUT2D eigenvalue weighted by Gasteiger charge is 2.52. The van der Waals surface area contributed by atoms with Crippen LogP contribution < -0.4 is 0 Å². The second kappa shape index (κ2) is 11.6. The molecule has 9 heteroatoms. The molecule has 1 aliphatic carbocycles. The lowest BCUT2D eigenvalue weighted by atomic mass is 9.64. The number of nitrogens with zero attached hydrogens (tertiary/aromatic N) is 5. The first kappa shape index (κ1) is 29.0. The van der Waals surface area contributed by atoms with Crippen molar-refractivity contribution in [1.29, 1.82) is 0 Å². The van der Waals surface area contributed by atoms with Crippen LogP contribution >= 0.6 is 0 Å². The molecular formula is C31H36F2N6O. The van der Waals surface area contributed by atoms with Crippen molar-refractivity contribution in [2.45, 2.75) is 40.5 Å². The van der Waals surface area contributed by atoms with E-state index in [0.717, 1.165) is 24.0 Å². The van der Waals surface area contributed by atoms with Gasteiger partial charge in [-0.3, -0.25) is 9.89 Å². The molecule has 1 amide bonds. The number of H-pyrrole nitrogens is 1. The van der Waals surface area contributed by atoms with Gasteiger partial charge in [0.25, 0.3) is 5.91 Å². The van der Waals surface area contributed by atoms with Gasteiger partial charge in [0.1, 0.15) is 18.0 Å². The van der Waals surface area contributed by atoms with Crippen molar-refractivity contribution in [1.82, 2.24) is 20.1 Å². The highest BCUT2D eigenvalue weighted by atomic mass is 19.1. The van der Waals surface area contributed by atoms with E-state index in [1.165, 1.54) is 31.6 Å². The molecule has 1 heterocycles. The number of carbonyl (C=O) groups excluding carboxylic acids is 1. The van der Waals surface area contributed by atoms with Crippen LogP contribution in [0.4, 0.5) is 8.78 Å². The molecule has 0 bridgehead atoms. The fourth-order valence-electron chi connectivity index (χ4n) is 5.82. The van der Waals surface area contributed by atoms with E-state index < -0.39 is 11.6 Å². The van der Waals surface area contributed by atoms with Gasteiger partial charge in [-0.1, -0.05) is 45.5 Å². The van der Waals surface area contributed by atoms with Crippen LogP contribution in [0.3, 0.4) is 0 Å². The largest absolute Gasteiger partial charge is 0.338 e. The maximum atomic E-state index is 14.6. The number of allylic oxidation sites excluding steroid dienone is 2. The van der Waals surface area contributed by atoms with Crippen molar-refractivity contribution in [2.75, 3.05) is 20.1 Å². The quantitative estimate of drug-likeness (QED) is 0.225. The monoisotopic (exact) mass is 546 g/mol. The van der Waals surface area contributed by atoms with Gasteiger partial charge in [-0.05, 0) is 72.4 Å². The number of aromatic nitrogens is 3. The number of rotatable bonds is 9. The smallest absolute Gasteiger partial charge is 0.253 e. The summed E-state index contributed by atoms with van der Waals surface area (Å²) in [4.78, 5) is 19.6. The summed E-state index contributed by atoms with van der Waals surface area (Å²) in [5.41, 5.74) is 1.58. The molecule has 2 aromatic carbocycles. The van der Waals surface area contributed by atoms with E-state index >= 15 is 0 Å². The minimum absolute atomic E-state index is 0.0180. The van der Waals surface area contributed by atoms with Gasteiger partial charge in [0.15, 0.2) is 5.82 Å². The summed E-state index contributed by atoms with van der Waals surface area (Å²) in [7, 11) is 1.46. The standard InChI is InChI=1S/C31H36F2N6O/c1-7-39(29(40)22-13-11-21(12-14-22)28-35-19-36-38-28)18-31(5)16-15-23(30(31,3)4)20(2)17-26(37-34-6)27-24(32)9-8-10-25(27)33/h8-14,17,19,23H,2,7,15-16,18H2,1,3-6H3,(H,35,36,38)/b26-17-,37-34-/t23-,31-/m0/s1. The van der Waals surface area contributed by atoms with Gasteiger partial charge in [0.05, 0.1) is 11.3 Å². The van der Waals surface area contributed by atoms with Crippen LogP contribution in [0, 0.1) is 28.4 Å². The molecule has 0 unspecified atom stereocenters. The average Bonchev–Trinajstić information content (AvgIpc) is 3.54. The fourth-order valence-corrected chi connectivity index (χ4v) is 5.82. The molecule has 7 nitrogen and oxygen atoms in total. The highest BCUT2D eigenvalue weighted by Crippen LogP contribution is 2.58. The predicted octanol–water partition coefficient (Wildman–Crippen LogP) is 7.33. The van der Waals surface area contributed by atoms with Crippen LogP contribution in [0.2, 0.25) is 0 Å². The Balaban J connectivity index is 1.55. The molecule has 1 N–H and O–H groups in total. The van der Waals surface area contributed by atoms with Crippen molar-refractivity contribution in [3.63, 3.8) is 0 Å². The van der Waals surface area contributed by atoms with Gasteiger partial charge in [-0.2, -0.15) is 15.3 Å². The van der Waals surface area contributed by atoms with Gasteiger partial charge < -0.3 is 4.90 Å². The van der Waals surface area contributed by atoms with Crippen molar-refractivity contribution in [3.05, 3.63) is 89.8 Å². The van der Waals surface area contributed by atoms with Crippen molar-refractivity contribution in [3.8, 4) is 11.4 Å². The first-order valence-corrected chi connectivity index (χ1v) is 13.4. The summed E-state index contributed by atoms with van der Waals surface area (Å²) in [6, 6.07) is 11.1. The zero-order chi connectivity index (χ0) is 29.1. The number of nitrogens with one attached hydrogen (secondary N) is 1. The number of carbonyl (C=O) groups is 1. The van der Waals surface area contributed by atoms with Crippen LogP contribution in [-0.2, 0) is 0 Å². The number of aromatic amines is 1. The number of hydrogen-bond donors (Lipinski definition) is 1. The maximum Gasteiger partial charge on any atom is 0.253 e. The molecule has 0 aliphatic heterocycles. The summed E-state index contributed by atoms with van der Waals surface area (Å²) >= 11 is 0. The Hall–Kier alpha value is -4.01. The molecule has 0 spiro atoms. The average molecular weight is 547 g/mol. The zero-order valence-electron chi connectivity index (χ0n) is 23.7. The van der Waals surface area contributed by atoms with E-state index in [-0.39, 0.29) is 33.9 Å². The minimum atomic E-state index is -0.701. The topological polar surface area (TPSA) is 86.6 Å². The van der Waals surface area contributed by atoms with E-state index in [1.807, 2.05) is 36.1 Å². The molecule has 4 rings (SSSR count). The second-order valence-electron chi connectivity index (χ2n) is 11.1. The number of azo groups is 1. The lowest BCUT2D eigenvalue weighted by molar-refractivity contribution is 0.0421. The third-order valence-corrected chi connectivity index (χ3v) is 8.64. The predicted molar refractivity (Wildman–Crippen MR) is 152 cm³/mol. The molecular weight excluding hydrogens is 510 g/mol. The molecule has 1 aliphatic rings. The van der Waals surface area contributed by atoms with Crippen LogP contribution in [0.15, 0.2) is 77.2 Å². The first-order valence-electron chi connectivity index (χ1n) is 13.4. The van der Waals surface area contributed by atoms with E-state index in [2.05, 4.69) is 52.8 Å². The summed E-state index contributed by atoms with van der Waals surface area (Å²) in [6.07, 6.45) is 4.78. The van der Waals surface area contributed by atoms with Gasteiger partial charge in [0.2, 0.25) is 0 Å². The van der Waals surface area contributed by atoms with Crippen molar-refractivity contribution in [2.24, 2.45) is 27.0 Å². The van der Waals surface area contributed by atoms with Gasteiger partial charge >= 0.3 is 0 Å². The molecule has 2 atom stereocenters. The number of hydrogen-bond acceptors (Lipinski definition) is 5. The van der Waals surface area contributed by atoms with E-state index in [9.17, 15) is 13.6 Å². The Bertz CT molecular complexity index is 1410. The normalized spacial score (nSPS) is 20.7. The lowest BCUT2D eigenvalue weighted by Crippen LogP contribution is -2.46. The Morgan fingerprint density at radius 2 is 1.85 bits per heavy atom. The first-order chi connectivity index (χ1) is 19.0. The molecule has 40 heavy (non-hydrogen) atoms. The van der Waals surface area contributed by atoms with Crippen LogP contribution in [-0.4, -0.2) is 46.1 Å². The maximum absolute atomic E-state index is 14.6. The zero-order valence-corrected chi connectivity index (χ0v) is 23.7. The van der Waals surface area contributed by atoms with Crippen LogP contribution in [0.25, 0.3) is 17.1 Å². The summed E-state index contributed by atoms with van der Waals surface area (Å²) < 4.78 is 29.1. The Morgan fingerprint density at radius 1 is 1.18 bits per heavy atom. The Labute approximate surface area is 234 Å². The molecule has 1 fully saturated rings. The third-order valence-electron chi connectivity index (χ3n) is 8.64. The number of amides is 1. The van der Waals surface area contributed by atoms with Gasteiger partial charge in [-0.25, -0.2) is 13.8 Å². The van der Waals surface area contributed by atoms with Gasteiger partial charge in [0, 0.05) is 31.3 Å². The summed E-state index contributed by atoms with van der Waals surface area (Å²) in [5, 5.41) is 14.5. The molecule has 0 saturated heterocycles. The Morgan fingerprint density at radius 3 is 2.42 bits per heavy atom. The number of benzene rings is 2. The van der Waals surface area contributed by atoms with Crippen molar-refractivity contribution < 1.29 is 13.6 Å². The van der Waals surface area contributed by atoms with E-state index in [4.69, 9.17) is 0 Å². The lowest BCUT2D eigenvalue weighted by Gasteiger charge is -2.45. The third kappa shape index (κ3) is 5.50. The summed E-state index contributed by atoms with van der Waals surface area (Å²) in [5.74, 6) is -0.773. The molecule has 1 aromatic heterocycles. The van der Waals surface area contributed by atoms with Gasteiger partial charge in [-0.15, -0.1) is 0 Å². The minimum Gasteiger partial charge on any atom is -0.338 e. The van der Waals surface area contributed by atoms with Crippen LogP contribution in [0.5, 0.6) is 0 Å². The van der Waals surface area contributed by atoms with Crippen molar-refractivity contribution >= 4 is 11.6 Å². The highest BCUT2D eigenvalue weighted by molar-refractivity contribution is 5.94. The molecule has 3 aromatic rings. The van der Waals surface area contributed by atoms with Crippen LogP contribution in [0.1, 0.15) is 56.5 Å². The summed E-state index contributed by atoms with van der Waals surface area (Å²) in [6.45, 7) is 14.0. The molecule has 0 radical (unpaired) electrons. The Kier molecular flexibility index (Phi) is 8.42. The van der Waals surface area contributed by atoms with E-state index in [0.29, 0.717) is 24.5 Å². The SMILES string of the molecule is C=C(/C=C(\N=N/C)c1c(F)cccc1F)[C@@H]1CC[C@@](C)(CN(CC)C(=O)c2ccc(-c3ncn[nH]3)cc2)C1(C)C. The van der Waals surface area contributed by atoms with E-state index in [1.54, 1.807) is 6.08 Å². The fraction of sp³-hybridized carbons (Fsp3) is 0.387. The molecule has 1 saturated carbocycles.